The number of imide groups is 1. The highest BCUT2D eigenvalue weighted by atomic mass is 32.2. The molecule has 0 radical (unpaired) electrons. The van der Waals surface area contributed by atoms with Gasteiger partial charge in [0.2, 0.25) is 5.91 Å². The van der Waals surface area contributed by atoms with Crippen molar-refractivity contribution >= 4 is 45.3 Å². The van der Waals surface area contributed by atoms with Crippen LogP contribution in [0.25, 0.3) is 10.2 Å². The number of aryl methyl sites for hydroxylation is 2. The number of carbonyl (C=O) groups excluding carboxylic acids is 2. The van der Waals surface area contributed by atoms with Crippen molar-refractivity contribution in [3.05, 3.63) is 20.8 Å². The summed E-state index contributed by atoms with van der Waals surface area (Å²) in [7, 11) is 1.62. The Morgan fingerprint density at radius 1 is 1.21 bits per heavy atom. The van der Waals surface area contributed by atoms with Crippen LogP contribution >= 0.6 is 23.1 Å². The summed E-state index contributed by atoms with van der Waals surface area (Å²) in [4.78, 5) is 44.8. The van der Waals surface area contributed by atoms with Crippen LogP contribution in [0.15, 0.2) is 9.95 Å². The molecular weight excluding hydrogens is 412 g/mol. The summed E-state index contributed by atoms with van der Waals surface area (Å²) >= 11 is 3.14. The van der Waals surface area contributed by atoms with E-state index >= 15 is 0 Å². The first-order valence-electron chi connectivity index (χ1n) is 9.85. The molecule has 8 nitrogen and oxygen atoms in total. The van der Waals surface area contributed by atoms with Crippen molar-refractivity contribution in [3.8, 4) is 0 Å². The van der Waals surface area contributed by atoms with E-state index in [1.807, 2.05) is 0 Å². The molecule has 2 aromatic rings. The minimum Gasteiger partial charge on any atom is -0.383 e. The Morgan fingerprint density at radius 3 is 2.79 bits per heavy atom. The molecule has 2 aromatic heterocycles. The lowest BCUT2D eigenvalue weighted by Gasteiger charge is -2.14. The van der Waals surface area contributed by atoms with Crippen LogP contribution in [0.4, 0.5) is 4.79 Å². The molecule has 29 heavy (non-hydrogen) atoms. The highest BCUT2D eigenvalue weighted by Gasteiger charge is 2.27. The molecule has 1 N–H and O–H groups in total. The lowest BCUT2D eigenvalue weighted by atomic mass is 9.97. The minimum atomic E-state index is -0.333. The monoisotopic (exact) mass is 436 g/mol. The second-order valence-electron chi connectivity index (χ2n) is 7.14. The van der Waals surface area contributed by atoms with Crippen molar-refractivity contribution in [1.29, 1.82) is 0 Å². The van der Waals surface area contributed by atoms with Crippen molar-refractivity contribution in [1.82, 2.24) is 19.8 Å². The normalized spacial score (nSPS) is 16.5. The molecule has 0 spiro atoms. The molecule has 0 aromatic carbocycles. The average Bonchev–Trinajstić information content (AvgIpc) is 3.24. The van der Waals surface area contributed by atoms with E-state index in [4.69, 9.17) is 9.72 Å². The Morgan fingerprint density at radius 2 is 2.03 bits per heavy atom. The molecule has 156 valence electrons. The maximum absolute atomic E-state index is 13.3. The molecule has 10 heteroatoms. The largest absolute Gasteiger partial charge is 0.383 e. The predicted octanol–water partition coefficient (Wildman–Crippen LogP) is 2.02. The zero-order valence-electron chi connectivity index (χ0n) is 16.4. The first-order valence-corrected chi connectivity index (χ1v) is 11.7. The standard InChI is InChI=1S/C19H24N4O4S2/c1-27-9-8-23-17(25)15-12-5-2-3-6-13(12)29-16(15)21-19(23)28-10-4-7-22-14(24)11-20-18(22)26/h2-11H2,1H3,(H,20,26). The number of ether oxygens (including phenoxy) is 1. The van der Waals surface area contributed by atoms with Gasteiger partial charge in [-0.2, -0.15) is 0 Å². The summed E-state index contributed by atoms with van der Waals surface area (Å²) < 4.78 is 6.91. The number of carbonyl (C=O) groups is 2. The Balaban J connectivity index is 1.54. The molecule has 3 amide bonds. The molecule has 2 aliphatic rings. The zero-order valence-corrected chi connectivity index (χ0v) is 18.0. The maximum Gasteiger partial charge on any atom is 0.324 e. The van der Waals surface area contributed by atoms with Crippen molar-refractivity contribution in [2.45, 2.75) is 43.8 Å². The zero-order chi connectivity index (χ0) is 20.4. The van der Waals surface area contributed by atoms with Gasteiger partial charge in [-0.05, 0) is 37.7 Å². The molecule has 0 saturated carbocycles. The molecule has 3 heterocycles. The highest BCUT2D eigenvalue weighted by molar-refractivity contribution is 7.99. The summed E-state index contributed by atoms with van der Waals surface area (Å²) in [5, 5.41) is 3.98. The third-order valence-electron chi connectivity index (χ3n) is 5.25. The Bertz CT molecular complexity index is 984. The number of hydrogen-bond acceptors (Lipinski definition) is 7. The second kappa shape index (κ2) is 8.85. The Labute approximate surface area is 176 Å². The number of urea groups is 1. The van der Waals surface area contributed by atoms with Gasteiger partial charge in [0, 0.05) is 24.3 Å². The molecule has 1 aliphatic heterocycles. The van der Waals surface area contributed by atoms with Crippen molar-refractivity contribution in [3.63, 3.8) is 0 Å². The lowest BCUT2D eigenvalue weighted by molar-refractivity contribution is -0.124. The molecule has 0 unspecified atom stereocenters. The molecule has 1 saturated heterocycles. The van der Waals surface area contributed by atoms with Gasteiger partial charge in [0.25, 0.3) is 5.56 Å². The summed E-state index contributed by atoms with van der Waals surface area (Å²) in [6, 6.07) is -0.333. The van der Waals surface area contributed by atoms with Gasteiger partial charge in [0.15, 0.2) is 5.16 Å². The number of rotatable bonds is 8. The highest BCUT2D eigenvalue weighted by Crippen LogP contribution is 2.34. The fourth-order valence-electron chi connectivity index (χ4n) is 3.78. The summed E-state index contributed by atoms with van der Waals surface area (Å²) in [5.41, 5.74) is 1.21. The van der Waals surface area contributed by atoms with Gasteiger partial charge < -0.3 is 10.1 Å². The van der Waals surface area contributed by atoms with E-state index in [1.165, 1.54) is 33.5 Å². The van der Waals surface area contributed by atoms with Crippen LogP contribution in [-0.2, 0) is 28.9 Å². The second-order valence-corrected chi connectivity index (χ2v) is 9.29. The quantitative estimate of drug-likeness (QED) is 0.295. The van der Waals surface area contributed by atoms with Gasteiger partial charge in [0.05, 0.1) is 25.1 Å². The van der Waals surface area contributed by atoms with Gasteiger partial charge in [-0.15, -0.1) is 11.3 Å². The van der Waals surface area contributed by atoms with E-state index < -0.39 is 0 Å². The number of methoxy groups -OCH3 is 1. The number of hydrogen-bond donors (Lipinski definition) is 1. The number of thioether (sulfide) groups is 1. The number of aromatic nitrogens is 2. The van der Waals surface area contributed by atoms with E-state index in [9.17, 15) is 14.4 Å². The molecule has 4 rings (SSSR count). The summed E-state index contributed by atoms with van der Waals surface area (Å²) in [6.45, 7) is 1.34. The first kappa shape index (κ1) is 20.4. The smallest absolute Gasteiger partial charge is 0.324 e. The third-order valence-corrected chi connectivity index (χ3v) is 7.50. The van der Waals surface area contributed by atoms with Crippen molar-refractivity contribution in [2.24, 2.45) is 0 Å². The fraction of sp³-hybridized carbons (Fsp3) is 0.579. The summed E-state index contributed by atoms with van der Waals surface area (Å²) in [5.74, 6) is 0.466. The van der Waals surface area contributed by atoms with Crippen LogP contribution in [-0.4, -0.2) is 58.9 Å². The van der Waals surface area contributed by atoms with Crippen LogP contribution in [0.5, 0.6) is 0 Å². The fourth-order valence-corrected chi connectivity index (χ4v) is 6.03. The number of thiophene rings is 1. The molecule has 1 fully saturated rings. The number of nitrogens with one attached hydrogen (secondary N) is 1. The molecule has 0 bridgehead atoms. The van der Waals surface area contributed by atoms with Crippen molar-refractivity contribution < 1.29 is 14.3 Å². The SMILES string of the molecule is COCCn1c(SCCCN2C(=O)CNC2=O)nc2sc3c(c2c1=O)CCCC3. The minimum absolute atomic E-state index is 0.0167. The lowest BCUT2D eigenvalue weighted by Crippen LogP contribution is -2.32. The number of nitrogens with zero attached hydrogens (tertiary/aromatic N) is 3. The first-order chi connectivity index (χ1) is 14.1. The topological polar surface area (TPSA) is 93.5 Å². The molecule has 1 aliphatic carbocycles. The van der Waals surface area contributed by atoms with Gasteiger partial charge >= 0.3 is 6.03 Å². The van der Waals surface area contributed by atoms with E-state index in [0.29, 0.717) is 37.0 Å². The third kappa shape index (κ3) is 4.06. The van der Waals surface area contributed by atoms with E-state index in [-0.39, 0.29) is 24.0 Å². The van der Waals surface area contributed by atoms with Crippen molar-refractivity contribution in [2.75, 3.05) is 32.6 Å². The van der Waals surface area contributed by atoms with Gasteiger partial charge in [-0.3, -0.25) is 19.1 Å². The van der Waals surface area contributed by atoms with Crippen LogP contribution < -0.4 is 10.9 Å². The number of fused-ring (bicyclic) bond motifs is 3. The van der Waals surface area contributed by atoms with Gasteiger partial charge in [-0.1, -0.05) is 11.8 Å². The summed E-state index contributed by atoms with van der Waals surface area (Å²) in [6.07, 6.45) is 4.91. The van der Waals surface area contributed by atoms with Crippen LogP contribution in [0.3, 0.4) is 0 Å². The van der Waals surface area contributed by atoms with Gasteiger partial charge in [0.1, 0.15) is 4.83 Å². The maximum atomic E-state index is 13.3. The van der Waals surface area contributed by atoms with E-state index in [0.717, 1.165) is 29.5 Å². The van der Waals surface area contributed by atoms with Crippen LogP contribution in [0, 0.1) is 0 Å². The molecular formula is C19H24N4O4S2. The van der Waals surface area contributed by atoms with Crippen LogP contribution in [0.1, 0.15) is 29.7 Å². The average molecular weight is 437 g/mol. The van der Waals surface area contributed by atoms with Crippen LogP contribution in [0.2, 0.25) is 0 Å². The Hall–Kier alpha value is -1.91. The van der Waals surface area contributed by atoms with Gasteiger partial charge in [-0.25, -0.2) is 9.78 Å². The van der Waals surface area contributed by atoms with E-state index in [2.05, 4.69) is 5.32 Å². The predicted molar refractivity (Wildman–Crippen MR) is 113 cm³/mol. The van der Waals surface area contributed by atoms with E-state index in [1.54, 1.807) is 23.0 Å². The number of amides is 3. The Kier molecular flexibility index (Phi) is 6.21. The molecule has 0 atom stereocenters.